The van der Waals surface area contributed by atoms with Crippen LogP contribution in [0.4, 0.5) is 0 Å². The van der Waals surface area contributed by atoms with Gasteiger partial charge in [-0.2, -0.15) is 0 Å². The molecular weight excluding hydrogens is 196 g/mol. The van der Waals surface area contributed by atoms with Crippen LogP contribution in [0.2, 0.25) is 0 Å². The van der Waals surface area contributed by atoms with E-state index in [0.29, 0.717) is 0 Å². The van der Waals surface area contributed by atoms with Crippen LogP contribution in [0.1, 0.15) is 0 Å². The van der Waals surface area contributed by atoms with Gasteiger partial charge in [0.25, 0.3) is 0 Å². The van der Waals surface area contributed by atoms with Crippen molar-refractivity contribution in [3.63, 3.8) is 0 Å². The molecular formula is H10Al2Cl4. The Morgan fingerprint density at radius 1 is 0.333 bits per heavy atom. The van der Waals surface area contributed by atoms with Gasteiger partial charge in [-0.1, -0.05) is 0 Å². The summed E-state index contributed by atoms with van der Waals surface area (Å²) in [6.45, 7) is 0. The Kier molecular flexibility index (Phi) is 817. The first-order valence-electron chi connectivity index (χ1n) is 0. The van der Waals surface area contributed by atoms with Gasteiger partial charge < -0.3 is 0 Å². The van der Waals surface area contributed by atoms with E-state index in [1.165, 1.54) is 0 Å². The molecule has 0 nitrogen and oxygen atoms in total. The maximum atomic E-state index is 0. The molecule has 44 valence electrons. The fourth-order valence-electron chi connectivity index (χ4n) is 0. The van der Waals surface area contributed by atoms with Crippen LogP contribution in [0, 0.1) is 0 Å². The summed E-state index contributed by atoms with van der Waals surface area (Å²) in [4.78, 5) is 0. The quantitative estimate of drug-likeness (QED) is 0.460. The fraction of sp³-hybridized carbons (Fsp3) is 0. The minimum absolute atomic E-state index is 0. The second kappa shape index (κ2) is 56.6. The van der Waals surface area contributed by atoms with Crippen LogP contribution >= 0.6 is 49.6 Å². The second-order valence-electron chi connectivity index (χ2n) is 0. The van der Waals surface area contributed by atoms with E-state index in [1.54, 1.807) is 0 Å². The molecule has 0 aliphatic carbocycles. The van der Waals surface area contributed by atoms with E-state index in [0.717, 1.165) is 0 Å². The predicted molar refractivity (Wildman–Crippen MR) is 48.9 cm³/mol. The summed E-state index contributed by atoms with van der Waals surface area (Å²) >= 11 is 0. The lowest BCUT2D eigenvalue weighted by Crippen LogP contribution is -0.382. The van der Waals surface area contributed by atoms with Gasteiger partial charge in [-0.3, -0.25) is 0 Å². The summed E-state index contributed by atoms with van der Waals surface area (Å²) in [6.07, 6.45) is 0. The molecule has 0 atom stereocenters. The lowest BCUT2D eigenvalue weighted by Gasteiger charge is -0.148. The molecule has 0 unspecified atom stereocenters. The van der Waals surface area contributed by atoms with Crippen LogP contribution in [0.25, 0.3) is 0 Å². The normalized spacial score (nSPS) is 0. The fourth-order valence-corrected chi connectivity index (χ4v) is 0. The summed E-state index contributed by atoms with van der Waals surface area (Å²) < 4.78 is 0. The zero-order chi connectivity index (χ0) is 0. The molecule has 0 aliphatic rings. The average molecular weight is 206 g/mol. The molecule has 0 aliphatic heterocycles. The van der Waals surface area contributed by atoms with Gasteiger partial charge in [-0.15, -0.1) is 49.6 Å². The topological polar surface area (TPSA) is 0 Å². The van der Waals surface area contributed by atoms with Crippen LogP contribution in [-0.2, 0) is 0 Å². The van der Waals surface area contributed by atoms with E-state index in [9.17, 15) is 0 Å². The highest BCUT2D eigenvalue weighted by Crippen LogP contribution is 0.693. The van der Waals surface area contributed by atoms with Gasteiger partial charge in [-0.05, 0) is 0 Å². The first kappa shape index (κ1) is 86.7. The molecule has 0 spiro atoms. The van der Waals surface area contributed by atoms with Crippen molar-refractivity contribution in [2.75, 3.05) is 0 Å². The number of rotatable bonds is 0. The Hall–Kier alpha value is 2.22. The van der Waals surface area contributed by atoms with Crippen molar-refractivity contribution in [1.82, 2.24) is 0 Å². The predicted octanol–water partition coefficient (Wildman–Crippen LogP) is -0.681. The molecule has 0 bridgehead atoms. The van der Waals surface area contributed by atoms with Crippen LogP contribution < -0.4 is 0 Å². The highest BCUT2D eigenvalue weighted by atomic mass is 35.5. The van der Waals surface area contributed by atoms with E-state index >= 15 is 0 Å². The molecule has 0 aromatic heterocycles. The van der Waals surface area contributed by atoms with Gasteiger partial charge in [0.05, 0.1) is 0 Å². The highest BCUT2D eigenvalue weighted by molar-refractivity contribution is 5.86. The third-order valence-electron chi connectivity index (χ3n) is 0. The number of hydrogen-bond donors (Lipinski definition) is 0. The van der Waals surface area contributed by atoms with Crippen molar-refractivity contribution < 1.29 is 0 Å². The molecule has 0 radical (unpaired) electrons. The first-order chi connectivity index (χ1) is 0. The summed E-state index contributed by atoms with van der Waals surface area (Å²) in [5.41, 5.74) is 0. The summed E-state index contributed by atoms with van der Waals surface area (Å²) in [5.74, 6) is 0. The first-order valence-corrected chi connectivity index (χ1v) is 0. The molecule has 6 heavy (non-hydrogen) atoms. The molecule has 0 N–H and O–H groups in total. The summed E-state index contributed by atoms with van der Waals surface area (Å²) in [5, 5.41) is 0. The number of hydrogen-bond acceptors (Lipinski definition) is 0. The van der Waals surface area contributed by atoms with E-state index in [4.69, 9.17) is 0 Å². The van der Waals surface area contributed by atoms with Gasteiger partial charge in [0, 0.05) is 0 Å². The molecule has 0 amide bonds. The van der Waals surface area contributed by atoms with E-state index in [2.05, 4.69) is 0 Å². The number of halogens is 4. The van der Waals surface area contributed by atoms with Gasteiger partial charge in [0.2, 0.25) is 0 Å². The lowest BCUT2D eigenvalue weighted by molar-refractivity contribution is 5.75. The Morgan fingerprint density at radius 3 is 0.333 bits per heavy atom. The van der Waals surface area contributed by atoms with Crippen LogP contribution in [0.3, 0.4) is 0 Å². The van der Waals surface area contributed by atoms with Crippen LogP contribution in [-0.4, -0.2) is 34.7 Å². The highest BCUT2D eigenvalue weighted by Gasteiger charge is 0.188. The lowest BCUT2D eigenvalue weighted by atomic mass is 27.0. The molecule has 0 aromatic carbocycles. The Bertz CT molecular complexity index is 5.51. The standard InChI is InChI=1S/2Al.4ClH.6H/h;;4*1H;;;;;;. The molecule has 6 heteroatoms. The zero-order valence-corrected chi connectivity index (χ0v) is 4.90. The monoisotopic (exact) mass is 204 g/mol. The molecule has 0 heterocycles. The SMILES string of the molecule is Cl.Cl.Cl.Cl.[AlH3].[AlH3]. The maximum absolute atomic E-state index is 0. The molecule has 0 aromatic rings. The van der Waals surface area contributed by atoms with E-state index < -0.39 is 0 Å². The molecule has 0 saturated carbocycles. The van der Waals surface area contributed by atoms with E-state index in [1.807, 2.05) is 0 Å². The Balaban J connectivity index is 0. The molecule has 0 fully saturated rings. The van der Waals surface area contributed by atoms with Crippen LogP contribution in [0.15, 0.2) is 0 Å². The van der Waals surface area contributed by atoms with Crippen molar-refractivity contribution in [1.29, 1.82) is 0 Å². The maximum Gasteiger partial charge on any atom is 0.187 e. The minimum atomic E-state index is 0. The molecule has 0 saturated heterocycles. The third-order valence-corrected chi connectivity index (χ3v) is 0. The van der Waals surface area contributed by atoms with E-state index in [-0.39, 0.29) is 84.4 Å². The zero-order valence-electron chi connectivity index (χ0n) is 1.63. The summed E-state index contributed by atoms with van der Waals surface area (Å²) in [6, 6.07) is 0. The van der Waals surface area contributed by atoms with Gasteiger partial charge in [0.1, 0.15) is 0 Å². The smallest absolute Gasteiger partial charge is 0.147 e. The molecule has 0 rings (SSSR count). The summed E-state index contributed by atoms with van der Waals surface area (Å²) in [7, 11) is 0. The third kappa shape index (κ3) is 34.3. The van der Waals surface area contributed by atoms with Gasteiger partial charge in [0.15, 0.2) is 34.7 Å². The van der Waals surface area contributed by atoms with Crippen molar-refractivity contribution >= 4 is 84.4 Å². The van der Waals surface area contributed by atoms with Crippen molar-refractivity contribution in [2.24, 2.45) is 0 Å². The minimum Gasteiger partial charge on any atom is -0.147 e. The second-order valence-corrected chi connectivity index (χ2v) is 0. The Morgan fingerprint density at radius 2 is 0.333 bits per heavy atom. The Labute approximate surface area is 83.7 Å². The van der Waals surface area contributed by atoms with Gasteiger partial charge in [-0.25, -0.2) is 0 Å². The van der Waals surface area contributed by atoms with Crippen LogP contribution in [0.5, 0.6) is 0 Å². The van der Waals surface area contributed by atoms with Crippen molar-refractivity contribution in [3.05, 3.63) is 0 Å². The largest absolute Gasteiger partial charge is 0.187 e. The van der Waals surface area contributed by atoms with Crippen molar-refractivity contribution in [2.45, 2.75) is 0 Å². The van der Waals surface area contributed by atoms with Crippen molar-refractivity contribution in [3.8, 4) is 0 Å². The van der Waals surface area contributed by atoms with Gasteiger partial charge >= 0.3 is 0 Å². The average Bonchev–Trinajstić information content (AvgIpc) is 0.